The second-order valence-electron chi connectivity index (χ2n) is 6.16. The number of ether oxygens (including phenoxy) is 1. The summed E-state index contributed by atoms with van der Waals surface area (Å²) in [6.45, 7) is 11.2. The van der Waals surface area contributed by atoms with E-state index in [0.717, 1.165) is 5.69 Å². The van der Waals surface area contributed by atoms with Crippen LogP contribution in [0.2, 0.25) is 0 Å². The lowest BCUT2D eigenvalue weighted by Crippen LogP contribution is -2.40. The lowest BCUT2D eigenvalue weighted by Gasteiger charge is -2.32. The zero-order chi connectivity index (χ0) is 14.5. The average molecular weight is 265 g/mol. The van der Waals surface area contributed by atoms with Crippen molar-refractivity contribution in [2.45, 2.75) is 52.4 Å². The summed E-state index contributed by atoms with van der Waals surface area (Å²) in [6, 6.07) is 10.5. The normalized spacial score (nSPS) is 13.6. The Labute approximate surface area is 117 Å². The minimum absolute atomic E-state index is 0.212. The molecular weight excluding hydrogens is 238 g/mol. The lowest BCUT2D eigenvalue weighted by molar-refractivity contribution is -0.0465. The Bertz CT molecular complexity index is 357. The molecule has 1 aromatic carbocycles. The zero-order valence-corrected chi connectivity index (χ0v) is 12.8. The smallest absolute Gasteiger partial charge is 0.0948 e. The molecule has 1 atom stereocenters. The van der Waals surface area contributed by atoms with Gasteiger partial charge in [-0.05, 0) is 46.8 Å². The quantitative estimate of drug-likeness (QED) is 0.858. The summed E-state index contributed by atoms with van der Waals surface area (Å²) in [5, 5.41) is 10.1. The van der Waals surface area contributed by atoms with Crippen molar-refractivity contribution < 1.29 is 9.84 Å². The Morgan fingerprint density at radius 2 is 1.74 bits per heavy atom. The highest BCUT2D eigenvalue weighted by Crippen LogP contribution is 2.17. The fraction of sp³-hybridized carbons (Fsp3) is 0.625. The van der Waals surface area contributed by atoms with Gasteiger partial charge in [-0.3, -0.25) is 0 Å². The highest BCUT2D eigenvalue weighted by molar-refractivity contribution is 5.46. The van der Waals surface area contributed by atoms with Gasteiger partial charge in [-0.2, -0.15) is 0 Å². The SMILES string of the molecule is CC(C)N(CC(O)COC(C)(C)C)c1ccccc1. The molecule has 3 heteroatoms. The Morgan fingerprint density at radius 3 is 2.21 bits per heavy atom. The van der Waals surface area contributed by atoms with Crippen LogP contribution < -0.4 is 4.90 Å². The second-order valence-corrected chi connectivity index (χ2v) is 6.16. The summed E-state index contributed by atoms with van der Waals surface area (Å²) in [6.07, 6.45) is -0.484. The number of hydrogen-bond donors (Lipinski definition) is 1. The molecule has 19 heavy (non-hydrogen) atoms. The molecule has 1 unspecified atom stereocenters. The maximum atomic E-state index is 10.1. The summed E-state index contributed by atoms with van der Waals surface area (Å²) in [4.78, 5) is 2.19. The number of nitrogens with zero attached hydrogens (tertiary/aromatic N) is 1. The standard InChI is InChI=1S/C16H27NO2/c1-13(2)17(14-9-7-6-8-10-14)11-15(18)12-19-16(3,4)5/h6-10,13,15,18H,11-12H2,1-5H3. The molecule has 0 radical (unpaired) electrons. The van der Waals surface area contributed by atoms with Gasteiger partial charge in [0.1, 0.15) is 0 Å². The molecule has 0 aliphatic heterocycles. The number of aliphatic hydroxyl groups excluding tert-OH is 1. The van der Waals surface area contributed by atoms with E-state index in [1.165, 1.54) is 0 Å². The van der Waals surface area contributed by atoms with Crippen molar-refractivity contribution in [2.75, 3.05) is 18.1 Å². The molecule has 108 valence electrons. The monoisotopic (exact) mass is 265 g/mol. The summed E-state index contributed by atoms with van der Waals surface area (Å²) in [7, 11) is 0. The van der Waals surface area contributed by atoms with E-state index in [2.05, 4.69) is 30.9 Å². The largest absolute Gasteiger partial charge is 0.389 e. The van der Waals surface area contributed by atoms with Gasteiger partial charge in [0.25, 0.3) is 0 Å². The van der Waals surface area contributed by atoms with Crippen molar-refractivity contribution in [3.8, 4) is 0 Å². The topological polar surface area (TPSA) is 32.7 Å². The number of benzene rings is 1. The van der Waals surface area contributed by atoms with Crippen molar-refractivity contribution in [3.05, 3.63) is 30.3 Å². The fourth-order valence-corrected chi connectivity index (χ4v) is 1.86. The minimum Gasteiger partial charge on any atom is -0.389 e. The molecule has 3 nitrogen and oxygen atoms in total. The predicted molar refractivity (Wildman–Crippen MR) is 80.6 cm³/mol. The molecular formula is C16H27NO2. The van der Waals surface area contributed by atoms with Crippen LogP contribution in [0.1, 0.15) is 34.6 Å². The highest BCUT2D eigenvalue weighted by Gasteiger charge is 2.18. The molecule has 0 aliphatic carbocycles. The number of para-hydroxylation sites is 1. The molecule has 1 N–H and O–H groups in total. The van der Waals surface area contributed by atoms with E-state index in [0.29, 0.717) is 19.2 Å². The van der Waals surface area contributed by atoms with Crippen LogP contribution in [0, 0.1) is 0 Å². The second kappa shape index (κ2) is 6.92. The third kappa shape index (κ3) is 6.08. The van der Waals surface area contributed by atoms with Crippen LogP contribution in [-0.2, 0) is 4.74 Å². The van der Waals surface area contributed by atoms with E-state index in [1.807, 2.05) is 39.0 Å². The Balaban J connectivity index is 2.60. The summed E-state index contributed by atoms with van der Waals surface area (Å²) >= 11 is 0. The third-order valence-electron chi connectivity index (χ3n) is 2.83. The molecule has 0 heterocycles. The molecule has 0 aliphatic rings. The van der Waals surface area contributed by atoms with Crippen molar-refractivity contribution in [1.29, 1.82) is 0 Å². The van der Waals surface area contributed by atoms with Gasteiger partial charge in [0.15, 0.2) is 0 Å². The Morgan fingerprint density at radius 1 is 1.16 bits per heavy atom. The first-order valence-corrected chi connectivity index (χ1v) is 6.93. The molecule has 1 rings (SSSR count). The lowest BCUT2D eigenvalue weighted by atomic mass is 10.2. The molecule has 0 fully saturated rings. The summed E-state index contributed by atoms with van der Waals surface area (Å²) in [5.74, 6) is 0. The Hall–Kier alpha value is -1.06. The summed E-state index contributed by atoms with van der Waals surface area (Å²) < 4.78 is 5.63. The average Bonchev–Trinajstić information content (AvgIpc) is 2.33. The third-order valence-corrected chi connectivity index (χ3v) is 2.83. The van der Waals surface area contributed by atoms with Crippen LogP contribution in [0.3, 0.4) is 0 Å². The van der Waals surface area contributed by atoms with E-state index in [4.69, 9.17) is 4.74 Å². The van der Waals surface area contributed by atoms with Crippen LogP contribution in [0.25, 0.3) is 0 Å². The number of anilines is 1. The number of hydrogen-bond acceptors (Lipinski definition) is 3. The van der Waals surface area contributed by atoms with Gasteiger partial charge in [-0.1, -0.05) is 18.2 Å². The fourth-order valence-electron chi connectivity index (χ4n) is 1.86. The zero-order valence-electron chi connectivity index (χ0n) is 12.8. The van der Waals surface area contributed by atoms with Crippen LogP contribution in [0.15, 0.2) is 30.3 Å². The van der Waals surface area contributed by atoms with Gasteiger partial charge in [0.05, 0.1) is 18.3 Å². The van der Waals surface area contributed by atoms with E-state index in [9.17, 15) is 5.11 Å². The molecule has 0 saturated heterocycles. The van der Waals surface area contributed by atoms with Crippen LogP contribution >= 0.6 is 0 Å². The van der Waals surface area contributed by atoms with Crippen LogP contribution in [0.5, 0.6) is 0 Å². The first-order chi connectivity index (χ1) is 8.79. The van der Waals surface area contributed by atoms with Gasteiger partial charge in [-0.15, -0.1) is 0 Å². The van der Waals surface area contributed by atoms with E-state index in [1.54, 1.807) is 0 Å². The predicted octanol–water partition coefficient (Wildman–Crippen LogP) is 3.08. The molecule has 0 amide bonds. The van der Waals surface area contributed by atoms with E-state index < -0.39 is 6.10 Å². The van der Waals surface area contributed by atoms with E-state index >= 15 is 0 Å². The van der Waals surface area contributed by atoms with Gasteiger partial charge < -0.3 is 14.7 Å². The number of aliphatic hydroxyl groups is 1. The first-order valence-electron chi connectivity index (χ1n) is 6.93. The van der Waals surface area contributed by atoms with E-state index in [-0.39, 0.29) is 5.60 Å². The number of rotatable bonds is 6. The van der Waals surface area contributed by atoms with Crippen LogP contribution in [-0.4, -0.2) is 36.0 Å². The molecule has 1 aromatic rings. The molecule has 0 spiro atoms. The van der Waals surface area contributed by atoms with Gasteiger partial charge in [0, 0.05) is 18.3 Å². The minimum atomic E-state index is -0.484. The van der Waals surface area contributed by atoms with Crippen LogP contribution in [0.4, 0.5) is 5.69 Å². The van der Waals surface area contributed by atoms with Crippen molar-refractivity contribution in [1.82, 2.24) is 0 Å². The van der Waals surface area contributed by atoms with Crippen molar-refractivity contribution in [2.24, 2.45) is 0 Å². The van der Waals surface area contributed by atoms with Crippen molar-refractivity contribution in [3.63, 3.8) is 0 Å². The maximum Gasteiger partial charge on any atom is 0.0948 e. The maximum absolute atomic E-state index is 10.1. The molecule has 0 saturated carbocycles. The first kappa shape index (κ1) is 16.0. The molecule has 0 aromatic heterocycles. The molecule has 0 bridgehead atoms. The highest BCUT2D eigenvalue weighted by atomic mass is 16.5. The van der Waals surface area contributed by atoms with Crippen molar-refractivity contribution >= 4 is 5.69 Å². The van der Waals surface area contributed by atoms with Gasteiger partial charge in [-0.25, -0.2) is 0 Å². The van der Waals surface area contributed by atoms with Gasteiger partial charge >= 0.3 is 0 Å². The summed E-state index contributed by atoms with van der Waals surface area (Å²) in [5.41, 5.74) is 0.920. The van der Waals surface area contributed by atoms with Gasteiger partial charge in [0.2, 0.25) is 0 Å². The Kier molecular flexibility index (Phi) is 5.83.